The van der Waals surface area contributed by atoms with Crippen LogP contribution < -0.4 is 10.2 Å². The number of ether oxygens (including phenoxy) is 1. The van der Waals surface area contributed by atoms with Gasteiger partial charge in [0.05, 0.1) is 30.4 Å². The van der Waals surface area contributed by atoms with Crippen LogP contribution in [0.1, 0.15) is 6.42 Å². The minimum Gasteiger partial charge on any atom is -0.512 e. The molecule has 1 saturated heterocycles. The van der Waals surface area contributed by atoms with Gasteiger partial charge in [-0.3, -0.25) is 10.2 Å². The largest absolute Gasteiger partial charge is 0.512 e. The number of rotatable bonds is 4. The first-order valence-electron chi connectivity index (χ1n) is 8.01. The molecule has 0 unspecified atom stereocenters. The predicted molar refractivity (Wildman–Crippen MR) is 101 cm³/mol. The van der Waals surface area contributed by atoms with Gasteiger partial charge in [0, 0.05) is 30.5 Å². The topological polar surface area (TPSA) is 98.0 Å². The van der Waals surface area contributed by atoms with Crippen molar-refractivity contribution in [2.24, 2.45) is 4.99 Å². The van der Waals surface area contributed by atoms with Gasteiger partial charge in [0.2, 0.25) is 5.91 Å². The van der Waals surface area contributed by atoms with Crippen molar-refractivity contribution in [3.8, 4) is 0 Å². The molecular formula is C17H20N4O3S. The van der Waals surface area contributed by atoms with Crippen LogP contribution >= 0.6 is 11.8 Å². The SMILES string of the molecule is N=C1C=C(O)CC(SCC(=O)Nc2ccc(N3CCOCC3)cc2)=N1. The maximum Gasteiger partial charge on any atom is 0.234 e. The maximum absolute atomic E-state index is 12.1. The zero-order chi connectivity index (χ0) is 17.6. The van der Waals surface area contributed by atoms with Gasteiger partial charge in [0.15, 0.2) is 0 Å². The molecule has 0 bridgehead atoms. The Kier molecular flexibility index (Phi) is 5.72. The summed E-state index contributed by atoms with van der Waals surface area (Å²) in [6, 6.07) is 7.75. The average molecular weight is 360 g/mol. The quantitative estimate of drug-likeness (QED) is 0.766. The van der Waals surface area contributed by atoms with Crippen molar-refractivity contribution in [2.45, 2.75) is 6.42 Å². The van der Waals surface area contributed by atoms with E-state index in [1.54, 1.807) is 0 Å². The Morgan fingerprint density at radius 2 is 2.04 bits per heavy atom. The number of amides is 1. The smallest absolute Gasteiger partial charge is 0.234 e. The number of aliphatic hydroxyl groups is 1. The van der Waals surface area contributed by atoms with Crippen LogP contribution in [-0.2, 0) is 9.53 Å². The summed E-state index contributed by atoms with van der Waals surface area (Å²) in [5.74, 6) is 0.143. The summed E-state index contributed by atoms with van der Waals surface area (Å²) in [4.78, 5) is 18.3. The fourth-order valence-electron chi connectivity index (χ4n) is 2.58. The molecule has 0 radical (unpaired) electrons. The van der Waals surface area contributed by atoms with Crippen LogP contribution in [0.15, 0.2) is 41.1 Å². The van der Waals surface area contributed by atoms with Crippen molar-refractivity contribution in [1.82, 2.24) is 0 Å². The van der Waals surface area contributed by atoms with Crippen LogP contribution in [0.5, 0.6) is 0 Å². The molecule has 25 heavy (non-hydrogen) atoms. The lowest BCUT2D eigenvalue weighted by Gasteiger charge is -2.28. The number of thioether (sulfide) groups is 1. The molecule has 0 aliphatic carbocycles. The number of benzene rings is 1. The first-order valence-corrected chi connectivity index (χ1v) is 9.00. The second-order valence-electron chi connectivity index (χ2n) is 5.69. The van der Waals surface area contributed by atoms with E-state index in [9.17, 15) is 9.90 Å². The van der Waals surface area contributed by atoms with Gasteiger partial charge in [-0.2, -0.15) is 0 Å². The molecule has 2 heterocycles. The van der Waals surface area contributed by atoms with Crippen LogP contribution in [0.4, 0.5) is 11.4 Å². The Hall–Kier alpha value is -2.32. The minimum atomic E-state index is -0.146. The third-order valence-corrected chi connectivity index (χ3v) is 4.75. The van der Waals surface area contributed by atoms with E-state index in [-0.39, 0.29) is 29.7 Å². The molecule has 0 saturated carbocycles. The van der Waals surface area contributed by atoms with E-state index in [1.807, 2.05) is 24.3 Å². The van der Waals surface area contributed by atoms with E-state index in [2.05, 4.69) is 15.2 Å². The third-order valence-electron chi connectivity index (χ3n) is 3.78. The molecule has 0 spiro atoms. The van der Waals surface area contributed by atoms with Crippen molar-refractivity contribution in [3.63, 3.8) is 0 Å². The van der Waals surface area contributed by atoms with Gasteiger partial charge in [0.25, 0.3) is 0 Å². The summed E-state index contributed by atoms with van der Waals surface area (Å²) in [5.41, 5.74) is 1.86. The number of nitrogens with zero attached hydrogens (tertiary/aromatic N) is 2. The Labute approximate surface area is 150 Å². The highest BCUT2D eigenvalue weighted by molar-refractivity contribution is 8.14. The number of carbonyl (C=O) groups excluding carboxylic acids is 1. The van der Waals surface area contributed by atoms with Gasteiger partial charge in [-0.25, -0.2) is 4.99 Å². The molecule has 3 N–H and O–H groups in total. The lowest BCUT2D eigenvalue weighted by atomic mass is 10.2. The Morgan fingerprint density at radius 1 is 1.32 bits per heavy atom. The van der Waals surface area contributed by atoms with Crippen molar-refractivity contribution in [3.05, 3.63) is 36.1 Å². The summed E-state index contributed by atoms with van der Waals surface area (Å²) < 4.78 is 5.34. The van der Waals surface area contributed by atoms with E-state index in [1.165, 1.54) is 17.8 Å². The number of hydrogen-bond donors (Lipinski definition) is 3. The van der Waals surface area contributed by atoms with E-state index < -0.39 is 0 Å². The van der Waals surface area contributed by atoms with Crippen molar-refractivity contribution < 1.29 is 14.6 Å². The van der Waals surface area contributed by atoms with Crippen LogP contribution in [0, 0.1) is 5.41 Å². The van der Waals surface area contributed by atoms with Crippen molar-refractivity contribution >= 4 is 39.9 Å². The number of morpholine rings is 1. The molecule has 0 atom stereocenters. The van der Waals surface area contributed by atoms with Crippen LogP contribution in [0.25, 0.3) is 0 Å². The molecule has 1 aromatic carbocycles. The molecule has 1 fully saturated rings. The highest BCUT2D eigenvalue weighted by atomic mass is 32.2. The monoisotopic (exact) mass is 360 g/mol. The summed E-state index contributed by atoms with van der Waals surface area (Å²) in [7, 11) is 0. The first kappa shape index (κ1) is 17.5. The van der Waals surface area contributed by atoms with Gasteiger partial charge < -0.3 is 20.1 Å². The van der Waals surface area contributed by atoms with Gasteiger partial charge >= 0.3 is 0 Å². The molecule has 3 rings (SSSR count). The van der Waals surface area contributed by atoms with Crippen LogP contribution in [0.2, 0.25) is 0 Å². The fourth-order valence-corrected chi connectivity index (χ4v) is 3.36. The Morgan fingerprint density at radius 3 is 2.72 bits per heavy atom. The molecule has 2 aliphatic heterocycles. The lowest BCUT2D eigenvalue weighted by Crippen LogP contribution is -2.36. The van der Waals surface area contributed by atoms with E-state index >= 15 is 0 Å². The number of aliphatic imine (C=N–C) groups is 1. The van der Waals surface area contributed by atoms with E-state index in [4.69, 9.17) is 10.1 Å². The Balaban J connectivity index is 1.48. The summed E-state index contributed by atoms with van der Waals surface area (Å²) in [6.45, 7) is 3.23. The fraction of sp³-hybridized carbons (Fsp3) is 0.353. The third kappa shape index (κ3) is 5.07. The maximum atomic E-state index is 12.1. The van der Waals surface area contributed by atoms with Gasteiger partial charge in [-0.05, 0) is 24.3 Å². The summed E-state index contributed by atoms with van der Waals surface area (Å²) in [5, 5.41) is 20.4. The van der Waals surface area contributed by atoms with Crippen LogP contribution in [0.3, 0.4) is 0 Å². The zero-order valence-corrected chi connectivity index (χ0v) is 14.5. The van der Waals surface area contributed by atoms with Gasteiger partial charge in [0.1, 0.15) is 11.6 Å². The molecule has 1 aromatic rings. The molecule has 0 aromatic heterocycles. The number of hydrogen-bond acceptors (Lipinski definition) is 6. The number of allylic oxidation sites excluding steroid dienone is 1. The number of nitrogens with one attached hydrogen (secondary N) is 2. The highest BCUT2D eigenvalue weighted by Gasteiger charge is 2.14. The van der Waals surface area contributed by atoms with Crippen LogP contribution in [-0.4, -0.2) is 53.9 Å². The lowest BCUT2D eigenvalue weighted by molar-refractivity contribution is -0.113. The number of aliphatic hydroxyl groups excluding tert-OH is 1. The molecule has 7 nitrogen and oxygen atoms in total. The minimum absolute atomic E-state index is 0.00496. The number of dihydropyridines is 1. The molecule has 132 valence electrons. The second-order valence-corrected chi connectivity index (χ2v) is 6.73. The Bertz CT molecular complexity index is 709. The first-order chi connectivity index (χ1) is 12.1. The summed E-state index contributed by atoms with van der Waals surface area (Å²) in [6.07, 6.45) is 1.58. The average Bonchev–Trinajstić information content (AvgIpc) is 2.61. The summed E-state index contributed by atoms with van der Waals surface area (Å²) >= 11 is 1.23. The standard InChI is InChI=1S/C17H20N4O3S/c18-15-9-14(22)10-17(20-15)25-11-16(23)19-12-1-3-13(4-2-12)21-5-7-24-8-6-21/h1-4,9,18,22H,5-8,10-11H2,(H,19,23). The highest BCUT2D eigenvalue weighted by Crippen LogP contribution is 2.20. The van der Waals surface area contributed by atoms with Crippen molar-refractivity contribution in [2.75, 3.05) is 42.3 Å². The normalized spacial score (nSPS) is 17.8. The van der Waals surface area contributed by atoms with Gasteiger partial charge in [-0.15, -0.1) is 11.8 Å². The number of amidine groups is 1. The zero-order valence-electron chi connectivity index (χ0n) is 13.7. The number of carbonyl (C=O) groups is 1. The van der Waals surface area contributed by atoms with E-state index in [0.717, 1.165) is 37.7 Å². The van der Waals surface area contributed by atoms with Gasteiger partial charge in [-0.1, -0.05) is 0 Å². The number of anilines is 2. The van der Waals surface area contributed by atoms with Crippen molar-refractivity contribution in [1.29, 1.82) is 5.41 Å². The second kappa shape index (κ2) is 8.17. The molecule has 8 heteroatoms. The van der Waals surface area contributed by atoms with E-state index in [0.29, 0.717) is 5.04 Å². The molecular weight excluding hydrogens is 340 g/mol. The predicted octanol–water partition coefficient (Wildman–Crippen LogP) is 2.42. The molecule has 2 aliphatic rings. The molecule has 1 amide bonds.